The molecule has 0 atom stereocenters. The van der Waals surface area contributed by atoms with Gasteiger partial charge in [-0.1, -0.05) is 0 Å². The van der Waals surface area contributed by atoms with E-state index in [1.54, 1.807) is 15.8 Å². The normalized spacial score (nSPS) is 15.9. The van der Waals surface area contributed by atoms with Crippen molar-refractivity contribution in [2.24, 2.45) is 0 Å². The van der Waals surface area contributed by atoms with E-state index >= 15 is 0 Å². The highest BCUT2D eigenvalue weighted by Crippen LogP contribution is 2.31. The van der Waals surface area contributed by atoms with Crippen LogP contribution in [0.25, 0.3) is 11.3 Å². The maximum atomic E-state index is 13.1. The van der Waals surface area contributed by atoms with Gasteiger partial charge in [0.1, 0.15) is 0 Å². The van der Waals surface area contributed by atoms with E-state index in [1.165, 1.54) is 6.20 Å². The third-order valence-corrected chi connectivity index (χ3v) is 3.55. The Bertz CT molecular complexity index is 679. The number of rotatable bonds is 3. The molecule has 0 amide bonds. The van der Waals surface area contributed by atoms with Crippen LogP contribution in [0, 0.1) is 0 Å². The first-order chi connectivity index (χ1) is 11.0. The third-order valence-electron chi connectivity index (χ3n) is 3.55. The predicted octanol–water partition coefficient (Wildman–Crippen LogP) is 2.22. The van der Waals surface area contributed by atoms with Crippen LogP contribution in [-0.2, 0) is 17.5 Å². The predicted molar refractivity (Wildman–Crippen MR) is 77.0 cm³/mol. The molecular weight excluding hydrogens is 311 g/mol. The molecule has 1 aliphatic heterocycles. The average molecular weight is 327 g/mol. The zero-order valence-corrected chi connectivity index (χ0v) is 12.5. The van der Waals surface area contributed by atoms with E-state index in [0.29, 0.717) is 38.4 Å². The Morgan fingerprint density at radius 2 is 1.96 bits per heavy atom. The summed E-state index contributed by atoms with van der Waals surface area (Å²) in [4.78, 5) is 9.68. The van der Waals surface area contributed by atoms with Crippen molar-refractivity contribution in [3.05, 3.63) is 24.2 Å². The van der Waals surface area contributed by atoms with Gasteiger partial charge in [-0.2, -0.15) is 18.3 Å². The second-order valence-electron chi connectivity index (χ2n) is 5.12. The van der Waals surface area contributed by atoms with Gasteiger partial charge in [-0.15, -0.1) is 0 Å². The fourth-order valence-electron chi connectivity index (χ4n) is 2.30. The quantitative estimate of drug-likeness (QED) is 0.865. The number of ether oxygens (including phenoxy) is 1. The van der Waals surface area contributed by atoms with Gasteiger partial charge in [-0.3, -0.25) is 4.68 Å². The van der Waals surface area contributed by atoms with Gasteiger partial charge in [-0.05, 0) is 13.0 Å². The van der Waals surface area contributed by atoms with Crippen molar-refractivity contribution in [1.82, 2.24) is 19.7 Å². The van der Waals surface area contributed by atoms with Crippen LogP contribution < -0.4 is 4.90 Å². The first kappa shape index (κ1) is 15.7. The number of morpholine rings is 1. The van der Waals surface area contributed by atoms with E-state index in [9.17, 15) is 13.2 Å². The lowest BCUT2D eigenvalue weighted by Gasteiger charge is -2.27. The lowest BCUT2D eigenvalue weighted by Crippen LogP contribution is -2.37. The number of anilines is 1. The monoisotopic (exact) mass is 327 g/mol. The van der Waals surface area contributed by atoms with Crippen molar-refractivity contribution < 1.29 is 17.9 Å². The molecule has 6 nitrogen and oxygen atoms in total. The molecule has 124 valence electrons. The van der Waals surface area contributed by atoms with Gasteiger partial charge in [-0.25, -0.2) is 9.97 Å². The van der Waals surface area contributed by atoms with Crippen LogP contribution >= 0.6 is 0 Å². The second-order valence-corrected chi connectivity index (χ2v) is 5.12. The molecule has 1 saturated heterocycles. The van der Waals surface area contributed by atoms with E-state index in [4.69, 9.17) is 4.74 Å². The molecule has 3 rings (SSSR count). The van der Waals surface area contributed by atoms with Crippen LogP contribution in [0.4, 0.5) is 19.1 Å². The zero-order valence-electron chi connectivity index (χ0n) is 12.5. The molecule has 0 aromatic carbocycles. The molecule has 0 bridgehead atoms. The topological polar surface area (TPSA) is 56.1 Å². The number of hydrogen-bond acceptors (Lipinski definition) is 5. The van der Waals surface area contributed by atoms with Crippen LogP contribution in [0.2, 0.25) is 0 Å². The largest absolute Gasteiger partial charge is 0.433 e. The summed E-state index contributed by atoms with van der Waals surface area (Å²) >= 11 is 0. The Hall–Kier alpha value is -2.16. The number of aromatic nitrogens is 4. The van der Waals surface area contributed by atoms with Gasteiger partial charge in [0, 0.05) is 31.4 Å². The fourth-order valence-corrected chi connectivity index (χ4v) is 2.30. The average Bonchev–Trinajstić information content (AvgIpc) is 3.03. The molecule has 23 heavy (non-hydrogen) atoms. The zero-order chi connectivity index (χ0) is 16.4. The number of halogens is 3. The SMILES string of the molecule is CCn1cc(-c2cc(C(F)(F)F)nc(N3CCOCC3)n2)cn1. The summed E-state index contributed by atoms with van der Waals surface area (Å²) in [6.07, 6.45) is -1.35. The highest BCUT2D eigenvalue weighted by molar-refractivity contribution is 5.59. The molecule has 0 radical (unpaired) electrons. The Morgan fingerprint density at radius 1 is 1.22 bits per heavy atom. The highest BCUT2D eigenvalue weighted by atomic mass is 19.4. The molecule has 0 saturated carbocycles. The van der Waals surface area contributed by atoms with Gasteiger partial charge >= 0.3 is 6.18 Å². The standard InChI is InChI=1S/C14H16F3N5O/c1-2-22-9-10(8-18-22)11-7-12(14(15,16)17)20-13(19-11)21-3-5-23-6-4-21/h7-9H,2-6H2,1H3. The molecule has 9 heteroatoms. The van der Waals surface area contributed by atoms with Gasteiger partial charge in [0.05, 0.1) is 25.1 Å². The van der Waals surface area contributed by atoms with E-state index in [0.717, 1.165) is 6.07 Å². The minimum Gasteiger partial charge on any atom is -0.378 e. The Balaban J connectivity index is 2.03. The second kappa shape index (κ2) is 6.15. The number of aryl methyl sites for hydroxylation is 1. The summed E-state index contributed by atoms with van der Waals surface area (Å²) in [7, 11) is 0. The van der Waals surface area contributed by atoms with Crippen molar-refractivity contribution in [1.29, 1.82) is 0 Å². The van der Waals surface area contributed by atoms with E-state index in [2.05, 4.69) is 15.1 Å². The van der Waals surface area contributed by atoms with Crippen molar-refractivity contribution in [2.75, 3.05) is 31.2 Å². The summed E-state index contributed by atoms with van der Waals surface area (Å²) in [5.74, 6) is 0.0716. The molecule has 0 spiro atoms. The number of hydrogen-bond donors (Lipinski definition) is 0. The van der Waals surface area contributed by atoms with Crippen molar-refractivity contribution in [2.45, 2.75) is 19.6 Å². The summed E-state index contributed by atoms with van der Waals surface area (Å²) in [5.41, 5.74) is -0.198. The molecule has 0 aliphatic carbocycles. The van der Waals surface area contributed by atoms with Crippen LogP contribution in [0.1, 0.15) is 12.6 Å². The van der Waals surface area contributed by atoms with E-state index < -0.39 is 11.9 Å². The molecule has 2 aromatic heterocycles. The number of alkyl halides is 3. The van der Waals surface area contributed by atoms with Gasteiger partial charge in [0.15, 0.2) is 5.69 Å². The first-order valence-electron chi connectivity index (χ1n) is 7.29. The Labute approximate surface area is 130 Å². The van der Waals surface area contributed by atoms with Gasteiger partial charge in [0.25, 0.3) is 0 Å². The maximum absolute atomic E-state index is 13.1. The number of nitrogens with zero attached hydrogens (tertiary/aromatic N) is 5. The van der Waals surface area contributed by atoms with Crippen LogP contribution in [0.5, 0.6) is 0 Å². The summed E-state index contributed by atoms with van der Waals surface area (Å²) in [5, 5.41) is 4.09. The van der Waals surface area contributed by atoms with E-state index in [1.807, 2.05) is 6.92 Å². The summed E-state index contributed by atoms with van der Waals surface area (Å²) in [6.45, 7) is 4.36. The summed E-state index contributed by atoms with van der Waals surface area (Å²) in [6, 6.07) is 0.959. The van der Waals surface area contributed by atoms with Crippen LogP contribution in [-0.4, -0.2) is 46.1 Å². The highest BCUT2D eigenvalue weighted by Gasteiger charge is 2.34. The van der Waals surface area contributed by atoms with Crippen molar-refractivity contribution in [3.8, 4) is 11.3 Å². The maximum Gasteiger partial charge on any atom is 0.433 e. The van der Waals surface area contributed by atoms with Crippen LogP contribution in [0.15, 0.2) is 18.5 Å². The van der Waals surface area contributed by atoms with E-state index in [-0.39, 0.29) is 11.6 Å². The van der Waals surface area contributed by atoms with Crippen LogP contribution in [0.3, 0.4) is 0 Å². The molecule has 2 aromatic rings. The Kier molecular flexibility index (Phi) is 4.20. The van der Waals surface area contributed by atoms with Crippen molar-refractivity contribution in [3.63, 3.8) is 0 Å². The minimum atomic E-state index is -4.53. The first-order valence-corrected chi connectivity index (χ1v) is 7.29. The lowest BCUT2D eigenvalue weighted by atomic mass is 10.2. The molecule has 0 unspecified atom stereocenters. The minimum absolute atomic E-state index is 0.0716. The fraction of sp³-hybridized carbons (Fsp3) is 0.500. The smallest absolute Gasteiger partial charge is 0.378 e. The molecular formula is C14H16F3N5O. The van der Waals surface area contributed by atoms with Gasteiger partial charge in [0.2, 0.25) is 5.95 Å². The Morgan fingerprint density at radius 3 is 2.57 bits per heavy atom. The third kappa shape index (κ3) is 3.44. The molecule has 1 aliphatic rings. The van der Waals surface area contributed by atoms with Crippen molar-refractivity contribution >= 4 is 5.95 Å². The molecule has 3 heterocycles. The molecule has 1 fully saturated rings. The summed E-state index contributed by atoms with van der Waals surface area (Å²) < 4.78 is 46.3. The molecule has 0 N–H and O–H groups in total. The lowest BCUT2D eigenvalue weighted by molar-refractivity contribution is -0.141. The van der Waals surface area contributed by atoms with Gasteiger partial charge < -0.3 is 9.64 Å².